The maximum atomic E-state index is 13.0. The standard InChI is InChI=1S/C15H14N2O6S/c18-9-12-10-23-15-7-2-1-6-14(15)16(12)24(21,22)13-5-3-4-11(8-13)17(19)20/h1-8,12,18H,9-10H2. The fourth-order valence-electron chi connectivity index (χ4n) is 2.54. The molecule has 8 nitrogen and oxygen atoms in total. The number of nitro benzene ring substituents is 1. The average Bonchev–Trinajstić information content (AvgIpc) is 2.60. The first kappa shape index (κ1) is 16.2. The van der Waals surface area contributed by atoms with Gasteiger partial charge in [-0.25, -0.2) is 8.42 Å². The molecule has 1 heterocycles. The molecular weight excluding hydrogens is 336 g/mol. The Morgan fingerprint density at radius 1 is 1.25 bits per heavy atom. The summed E-state index contributed by atoms with van der Waals surface area (Å²) in [5, 5.41) is 20.5. The number of aliphatic hydroxyl groups excluding tert-OH is 1. The average molecular weight is 350 g/mol. The van der Waals surface area contributed by atoms with Gasteiger partial charge in [-0.2, -0.15) is 0 Å². The predicted molar refractivity (Wildman–Crippen MR) is 85.6 cm³/mol. The number of nitro groups is 1. The lowest BCUT2D eigenvalue weighted by Gasteiger charge is -2.36. The molecule has 0 saturated heterocycles. The van der Waals surface area contributed by atoms with Crippen molar-refractivity contribution in [3.8, 4) is 5.75 Å². The summed E-state index contributed by atoms with van der Waals surface area (Å²) in [6.07, 6.45) is 0. The second-order valence-corrected chi connectivity index (χ2v) is 6.99. The van der Waals surface area contributed by atoms with Crippen LogP contribution in [0.25, 0.3) is 0 Å². The van der Waals surface area contributed by atoms with Crippen molar-refractivity contribution >= 4 is 21.4 Å². The smallest absolute Gasteiger partial charge is 0.270 e. The summed E-state index contributed by atoms with van der Waals surface area (Å²) in [7, 11) is -4.10. The van der Waals surface area contributed by atoms with Crippen molar-refractivity contribution in [3.05, 3.63) is 58.6 Å². The number of non-ortho nitro benzene ring substituents is 1. The van der Waals surface area contributed by atoms with Gasteiger partial charge in [-0.05, 0) is 18.2 Å². The zero-order chi connectivity index (χ0) is 17.3. The second-order valence-electron chi connectivity index (χ2n) is 5.17. The Morgan fingerprint density at radius 2 is 2.00 bits per heavy atom. The lowest BCUT2D eigenvalue weighted by Crippen LogP contribution is -2.48. The van der Waals surface area contributed by atoms with Gasteiger partial charge in [0.2, 0.25) is 0 Å². The van der Waals surface area contributed by atoms with Gasteiger partial charge in [0.25, 0.3) is 15.7 Å². The van der Waals surface area contributed by atoms with E-state index in [0.717, 1.165) is 10.4 Å². The van der Waals surface area contributed by atoms with Crippen LogP contribution in [0.5, 0.6) is 5.75 Å². The fraction of sp³-hybridized carbons (Fsp3) is 0.200. The molecule has 1 N–H and O–H groups in total. The first-order valence-corrected chi connectivity index (χ1v) is 8.50. The molecule has 1 unspecified atom stereocenters. The topological polar surface area (TPSA) is 110 Å². The molecule has 2 aromatic rings. The molecule has 0 fully saturated rings. The molecule has 3 rings (SSSR count). The number of rotatable bonds is 4. The molecule has 0 saturated carbocycles. The van der Waals surface area contributed by atoms with E-state index in [1.165, 1.54) is 18.2 Å². The van der Waals surface area contributed by atoms with Crippen molar-refractivity contribution in [2.45, 2.75) is 10.9 Å². The number of sulfonamides is 1. The Labute approximate surface area is 138 Å². The van der Waals surface area contributed by atoms with E-state index in [2.05, 4.69) is 0 Å². The lowest BCUT2D eigenvalue weighted by molar-refractivity contribution is -0.385. The molecule has 0 radical (unpaired) electrons. The highest BCUT2D eigenvalue weighted by atomic mass is 32.2. The molecule has 0 aliphatic carbocycles. The third-order valence-electron chi connectivity index (χ3n) is 3.66. The summed E-state index contributed by atoms with van der Waals surface area (Å²) in [5.74, 6) is 0.371. The SMILES string of the molecule is O=[N+]([O-])c1cccc(S(=O)(=O)N2c3ccccc3OCC2CO)c1. The number of para-hydroxylation sites is 2. The Hall–Kier alpha value is -2.65. The number of hydrogen-bond donors (Lipinski definition) is 1. The van der Waals surface area contributed by atoms with Gasteiger partial charge in [-0.1, -0.05) is 18.2 Å². The maximum Gasteiger partial charge on any atom is 0.270 e. The van der Waals surface area contributed by atoms with Crippen LogP contribution >= 0.6 is 0 Å². The Morgan fingerprint density at radius 3 is 2.71 bits per heavy atom. The molecule has 126 valence electrons. The zero-order valence-electron chi connectivity index (χ0n) is 12.4. The van der Waals surface area contributed by atoms with E-state index in [1.807, 2.05) is 0 Å². The van der Waals surface area contributed by atoms with Gasteiger partial charge >= 0.3 is 0 Å². The summed E-state index contributed by atoms with van der Waals surface area (Å²) < 4.78 is 32.6. The maximum absolute atomic E-state index is 13.0. The van der Waals surface area contributed by atoms with Gasteiger partial charge in [0, 0.05) is 12.1 Å². The number of aliphatic hydroxyl groups is 1. The number of benzene rings is 2. The highest BCUT2D eigenvalue weighted by Crippen LogP contribution is 2.37. The van der Waals surface area contributed by atoms with E-state index in [9.17, 15) is 23.6 Å². The van der Waals surface area contributed by atoms with Crippen LogP contribution in [0.4, 0.5) is 11.4 Å². The Balaban J connectivity index is 2.14. The minimum atomic E-state index is -4.10. The number of anilines is 1. The first-order valence-electron chi connectivity index (χ1n) is 7.06. The fourth-order valence-corrected chi connectivity index (χ4v) is 4.21. The van der Waals surface area contributed by atoms with E-state index < -0.39 is 27.6 Å². The summed E-state index contributed by atoms with van der Waals surface area (Å²) in [6.45, 7) is -0.454. The number of hydrogen-bond acceptors (Lipinski definition) is 6. The van der Waals surface area contributed by atoms with Crippen LogP contribution in [0, 0.1) is 10.1 Å². The van der Waals surface area contributed by atoms with Crippen LogP contribution < -0.4 is 9.04 Å². The quantitative estimate of drug-likeness (QED) is 0.662. The number of fused-ring (bicyclic) bond motifs is 1. The van der Waals surface area contributed by atoms with Crippen molar-refractivity contribution in [1.29, 1.82) is 0 Å². The minimum absolute atomic E-state index is 0.0122. The van der Waals surface area contributed by atoms with Gasteiger partial charge in [0.1, 0.15) is 18.4 Å². The van der Waals surface area contributed by atoms with Crippen molar-refractivity contribution in [3.63, 3.8) is 0 Å². The zero-order valence-corrected chi connectivity index (χ0v) is 13.2. The number of ether oxygens (including phenoxy) is 1. The molecule has 1 atom stereocenters. The summed E-state index contributed by atoms with van der Waals surface area (Å²) >= 11 is 0. The van der Waals surface area contributed by atoms with Crippen LogP contribution in [0.2, 0.25) is 0 Å². The molecule has 1 aliphatic rings. The Bertz CT molecular complexity index is 883. The molecule has 9 heteroatoms. The summed E-state index contributed by atoms with van der Waals surface area (Å²) in [4.78, 5) is 10.0. The van der Waals surface area contributed by atoms with Crippen LogP contribution in [0.1, 0.15) is 0 Å². The summed E-state index contributed by atoms with van der Waals surface area (Å²) in [6, 6.07) is 10.5. The normalized spacial score (nSPS) is 17.0. The number of nitrogens with zero attached hydrogens (tertiary/aromatic N) is 2. The molecule has 1 aliphatic heterocycles. The highest BCUT2D eigenvalue weighted by Gasteiger charge is 2.37. The van der Waals surface area contributed by atoms with E-state index in [0.29, 0.717) is 5.75 Å². The van der Waals surface area contributed by atoms with Crippen LogP contribution in [0.15, 0.2) is 53.4 Å². The van der Waals surface area contributed by atoms with Gasteiger partial charge in [0.05, 0.1) is 22.1 Å². The minimum Gasteiger partial charge on any atom is -0.489 e. The van der Waals surface area contributed by atoms with Gasteiger partial charge < -0.3 is 9.84 Å². The van der Waals surface area contributed by atoms with Crippen LogP contribution in [-0.4, -0.2) is 37.7 Å². The van der Waals surface area contributed by atoms with Gasteiger partial charge in [0.15, 0.2) is 0 Å². The van der Waals surface area contributed by atoms with Crippen LogP contribution in [-0.2, 0) is 10.0 Å². The highest BCUT2D eigenvalue weighted by molar-refractivity contribution is 7.92. The van der Waals surface area contributed by atoms with E-state index in [4.69, 9.17) is 4.74 Å². The lowest BCUT2D eigenvalue weighted by atomic mass is 10.2. The molecule has 0 aromatic heterocycles. The Kier molecular flexibility index (Phi) is 4.12. The van der Waals surface area contributed by atoms with Crippen molar-refractivity contribution in [2.24, 2.45) is 0 Å². The third-order valence-corrected chi connectivity index (χ3v) is 5.52. The van der Waals surface area contributed by atoms with Crippen molar-refractivity contribution in [2.75, 3.05) is 17.5 Å². The predicted octanol–water partition coefficient (Wildman–Crippen LogP) is 1.54. The monoisotopic (exact) mass is 350 g/mol. The van der Waals surface area contributed by atoms with Crippen molar-refractivity contribution in [1.82, 2.24) is 0 Å². The molecular formula is C15H14N2O6S. The second kappa shape index (κ2) is 6.10. The first-order chi connectivity index (χ1) is 11.4. The molecule has 24 heavy (non-hydrogen) atoms. The molecule has 0 amide bonds. The molecule has 0 bridgehead atoms. The summed E-state index contributed by atoms with van der Waals surface area (Å²) in [5.41, 5.74) is -0.0347. The van der Waals surface area contributed by atoms with E-state index >= 15 is 0 Å². The third kappa shape index (κ3) is 2.68. The van der Waals surface area contributed by atoms with Gasteiger partial charge in [-0.3, -0.25) is 14.4 Å². The largest absolute Gasteiger partial charge is 0.489 e. The molecule has 2 aromatic carbocycles. The van der Waals surface area contributed by atoms with Gasteiger partial charge in [-0.15, -0.1) is 0 Å². The van der Waals surface area contributed by atoms with E-state index in [-0.39, 0.29) is 22.9 Å². The van der Waals surface area contributed by atoms with E-state index in [1.54, 1.807) is 24.3 Å². The molecule has 0 spiro atoms. The van der Waals surface area contributed by atoms with Crippen molar-refractivity contribution < 1.29 is 23.2 Å². The van der Waals surface area contributed by atoms with Crippen LogP contribution in [0.3, 0.4) is 0 Å².